The van der Waals surface area contributed by atoms with E-state index in [1.54, 1.807) is 7.05 Å². The molecule has 0 saturated carbocycles. The van der Waals surface area contributed by atoms with Gasteiger partial charge in [-0.15, -0.1) is 0 Å². The van der Waals surface area contributed by atoms with Gasteiger partial charge in [0.15, 0.2) is 0 Å². The molecule has 4 nitrogen and oxygen atoms in total. The number of para-hydroxylation sites is 1. The Morgan fingerprint density at radius 1 is 1.24 bits per heavy atom. The molecule has 0 aliphatic heterocycles. The summed E-state index contributed by atoms with van der Waals surface area (Å²) in [6.45, 7) is 1.97. The zero-order chi connectivity index (χ0) is 12.7. The predicted octanol–water partition coefficient (Wildman–Crippen LogP) is 1.57. The van der Waals surface area contributed by atoms with Crippen LogP contribution in [0.5, 0.6) is 0 Å². The molecule has 1 rings (SSSR count). The van der Waals surface area contributed by atoms with Crippen LogP contribution in [0.25, 0.3) is 0 Å². The van der Waals surface area contributed by atoms with Crippen molar-refractivity contribution in [1.82, 2.24) is 5.32 Å². The molecular formula is C13H18N2O2. The van der Waals surface area contributed by atoms with Gasteiger partial charge in [-0.2, -0.15) is 0 Å². The first-order valence-electron chi connectivity index (χ1n) is 5.73. The van der Waals surface area contributed by atoms with Crippen molar-refractivity contribution < 1.29 is 9.59 Å². The topological polar surface area (TPSA) is 49.4 Å². The van der Waals surface area contributed by atoms with Crippen LogP contribution in [0.1, 0.15) is 19.8 Å². The Bertz CT molecular complexity index is 376. The number of rotatable bonds is 5. The summed E-state index contributed by atoms with van der Waals surface area (Å²) < 4.78 is 0. The summed E-state index contributed by atoms with van der Waals surface area (Å²) >= 11 is 0. The van der Waals surface area contributed by atoms with Crippen LogP contribution in [0, 0.1) is 0 Å². The highest BCUT2D eigenvalue weighted by atomic mass is 16.2. The standard InChI is InChI=1S/C13H18N2O2/c1-3-7-12(16)14-10-13(17)15(2)11-8-5-4-6-9-11/h4-6,8-9H,3,7,10H2,1-2H3,(H,14,16). The third-order valence-electron chi connectivity index (χ3n) is 2.43. The van der Waals surface area contributed by atoms with Crippen LogP contribution < -0.4 is 10.2 Å². The zero-order valence-electron chi connectivity index (χ0n) is 10.3. The fourth-order valence-electron chi connectivity index (χ4n) is 1.40. The van der Waals surface area contributed by atoms with Crippen molar-refractivity contribution in [1.29, 1.82) is 0 Å². The van der Waals surface area contributed by atoms with E-state index in [0.29, 0.717) is 6.42 Å². The smallest absolute Gasteiger partial charge is 0.246 e. The van der Waals surface area contributed by atoms with Crippen LogP contribution in [0.4, 0.5) is 5.69 Å². The van der Waals surface area contributed by atoms with Gasteiger partial charge in [0.25, 0.3) is 0 Å². The van der Waals surface area contributed by atoms with Crippen LogP contribution in [0.2, 0.25) is 0 Å². The molecule has 0 heterocycles. The molecule has 0 atom stereocenters. The number of hydrogen-bond donors (Lipinski definition) is 1. The SMILES string of the molecule is CCCC(=O)NCC(=O)N(C)c1ccccc1. The summed E-state index contributed by atoms with van der Waals surface area (Å²) in [5.41, 5.74) is 0.822. The molecule has 4 heteroatoms. The molecule has 17 heavy (non-hydrogen) atoms. The number of anilines is 1. The Labute approximate surface area is 102 Å². The number of nitrogens with one attached hydrogen (secondary N) is 1. The summed E-state index contributed by atoms with van der Waals surface area (Å²) in [6, 6.07) is 9.34. The van der Waals surface area contributed by atoms with Gasteiger partial charge in [0.1, 0.15) is 0 Å². The second kappa shape index (κ2) is 6.68. The molecule has 0 fully saturated rings. The van der Waals surface area contributed by atoms with Gasteiger partial charge in [-0.05, 0) is 18.6 Å². The monoisotopic (exact) mass is 234 g/mol. The summed E-state index contributed by atoms with van der Waals surface area (Å²) in [6.07, 6.45) is 1.25. The van der Waals surface area contributed by atoms with Crippen molar-refractivity contribution >= 4 is 17.5 Å². The van der Waals surface area contributed by atoms with E-state index in [9.17, 15) is 9.59 Å². The minimum Gasteiger partial charge on any atom is -0.347 e. The number of benzene rings is 1. The van der Waals surface area contributed by atoms with E-state index in [0.717, 1.165) is 12.1 Å². The highest BCUT2D eigenvalue weighted by Crippen LogP contribution is 2.10. The van der Waals surface area contributed by atoms with Gasteiger partial charge in [0.05, 0.1) is 6.54 Å². The van der Waals surface area contributed by atoms with E-state index in [2.05, 4.69) is 5.32 Å². The summed E-state index contributed by atoms with van der Waals surface area (Å²) in [5, 5.41) is 2.60. The molecule has 1 aromatic rings. The first-order chi connectivity index (χ1) is 8.15. The van der Waals surface area contributed by atoms with E-state index in [1.807, 2.05) is 37.3 Å². The Balaban J connectivity index is 2.45. The average Bonchev–Trinajstić information content (AvgIpc) is 2.36. The maximum Gasteiger partial charge on any atom is 0.246 e. The van der Waals surface area contributed by atoms with Gasteiger partial charge in [0, 0.05) is 19.2 Å². The number of hydrogen-bond acceptors (Lipinski definition) is 2. The van der Waals surface area contributed by atoms with Gasteiger partial charge >= 0.3 is 0 Å². The molecule has 0 spiro atoms. The van der Waals surface area contributed by atoms with Crippen LogP contribution in [-0.4, -0.2) is 25.4 Å². The summed E-state index contributed by atoms with van der Waals surface area (Å²) in [4.78, 5) is 24.5. The van der Waals surface area contributed by atoms with Crippen LogP contribution in [0.15, 0.2) is 30.3 Å². The van der Waals surface area contributed by atoms with Crippen molar-refractivity contribution in [3.8, 4) is 0 Å². The number of likely N-dealkylation sites (N-methyl/N-ethyl adjacent to an activating group) is 1. The first kappa shape index (κ1) is 13.2. The van der Waals surface area contributed by atoms with Crippen molar-refractivity contribution in [2.45, 2.75) is 19.8 Å². The van der Waals surface area contributed by atoms with Crippen molar-refractivity contribution in [3.05, 3.63) is 30.3 Å². The highest BCUT2D eigenvalue weighted by molar-refractivity contribution is 5.96. The molecule has 1 N–H and O–H groups in total. The molecule has 0 radical (unpaired) electrons. The van der Waals surface area contributed by atoms with Gasteiger partial charge in [-0.1, -0.05) is 25.1 Å². The second-order valence-corrected chi connectivity index (χ2v) is 3.82. The van der Waals surface area contributed by atoms with Crippen LogP contribution >= 0.6 is 0 Å². The van der Waals surface area contributed by atoms with E-state index in [-0.39, 0.29) is 18.4 Å². The Hall–Kier alpha value is -1.84. The second-order valence-electron chi connectivity index (χ2n) is 3.82. The molecule has 0 bridgehead atoms. The minimum atomic E-state index is -0.124. The van der Waals surface area contributed by atoms with Crippen molar-refractivity contribution in [2.75, 3.05) is 18.5 Å². The number of carbonyl (C=O) groups is 2. The number of carbonyl (C=O) groups excluding carboxylic acids is 2. The fourth-order valence-corrected chi connectivity index (χ4v) is 1.40. The summed E-state index contributed by atoms with van der Waals surface area (Å²) in [5.74, 6) is -0.206. The largest absolute Gasteiger partial charge is 0.347 e. The third-order valence-corrected chi connectivity index (χ3v) is 2.43. The van der Waals surface area contributed by atoms with Crippen molar-refractivity contribution in [2.24, 2.45) is 0 Å². The normalized spacial score (nSPS) is 9.76. The Morgan fingerprint density at radius 2 is 1.88 bits per heavy atom. The Kier molecular flexibility index (Phi) is 5.20. The lowest BCUT2D eigenvalue weighted by Crippen LogP contribution is -2.38. The van der Waals surface area contributed by atoms with E-state index in [4.69, 9.17) is 0 Å². The van der Waals surface area contributed by atoms with Gasteiger partial charge in [-0.3, -0.25) is 9.59 Å². The van der Waals surface area contributed by atoms with E-state index >= 15 is 0 Å². The predicted molar refractivity (Wildman–Crippen MR) is 67.8 cm³/mol. The molecule has 0 aromatic heterocycles. The zero-order valence-corrected chi connectivity index (χ0v) is 10.3. The maximum atomic E-state index is 11.8. The fraction of sp³-hybridized carbons (Fsp3) is 0.385. The van der Waals surface area contributed by atoms with Crippen molar-refractivity contribution in [3.63, 3.8) is 0 Å². The lowest BCUT2D eigenvalue weighted by molar-refractivity contribution is -0.124. The van der Waals surface area contributed by atoms with Gasteiger partial charge in [0.2, 0.25) is 11.8 Å². The molecule has 92 valence electrons. The van der Waals surface area contributed by atoms with Crippen LogP contribution in [-0.2, 0) is 9.59 Å². The minimum absolute atomic E-state index is 0.0459. The third kappa shape index (κ3) is 4.26. The van der Waals surface area contributed by atoms with Gasteiger partial charge < -0.3 is 10.2 Å². The maximum absolute atomic E-state index is 11.8. The molecule has 2 amide bonds. The molecule has 0 aliphatic carbocycles. The van der Waals surface area contributed by atoms with Gasteiger partial charge in [-0.25, -0.2) is 0 Å². The lowest BCUT2D eigenvalue weighted by Gasteiger charge is -2.17. The molecule has 0 saturated heterocycles. The molecule has 0 unspecified atom stereocenters. The molecule has 0 aliphatic rings. The quantitative estimate of drug-likeness (QED) is 0.840. The van der Waals surface area contributed by atoms with E-state index in [1.165, 1.54) is 4.90 Å². The highest BCUT2D eigenvalue weighted by Gasteiger charge is 2.11. The van der Waals surface area contributed by atoms with Crippen LogP contribution in [0.3, 0.4) is 0 Å². The average molecular weight is 234 g/mol. The lowest BCUT2D eigenvalue weighted by atomic mass is 10.3. The van der Waals surface area contributed by atoms with E-state index < -0.39 is 0 Å². The first-order valence-corrected chi connectivity index (χ1v) is 5.73. The molecular weight excluding hydrogens is 216 g/mol. The molecule has 1 aromatic carbocycles. The number of amides is 2. The number of nitrogens with zero attached hydrogens (tertiary/aromatic N) is 1. The summed E-state index contributed by atoms with van der Waals surface area (Å²) in [7, 11) is 1.70. The Morgan fingerprint density at radius 3 is 2.47 bits per heavy atom.